The molecule has 2 aliphatic carbocycles. The fraction of sp³-hybridized carbons (Fsp3) is 0.409. The average molecular weight is 342 g/mol. The Labute approximate surface area is 152 Å². The Kier molecular flexibility index (Phi) is 2.60. The van der Waals surface area contributed by atoms with Gasteiger partial charge in [-0.15, -0.1) is 0 Å². The molecule has 3 aromatic heterocycles. The first kappa shape index (κ1) is 14.7. The third-order valence-corrected chi connectivity index (χ3v) is 6.33. The molecule has 2 atom stereocenters. The van der Waals surface area contributed by atoms with Crippen LogP contribution in [0.1, 0.15) is 68.8 Å². The Bertz CT molecular complexity index is 1210. The minimum absolute atomic E-state index is 0.0773. The normalized spacial score (nSPS) is 22.0. The molecule has 2 aliphatic rings. The first-order valence-electron chi connectivity index (χ1n) is 9.61. The lowest BCUT2D eigenvalue weighted by Crippen LogP contribution is -2.15. The van der Waals surface area contributed by atoms with Crippen LogP contribution in [0, 0.1) is 0 Å². The van der Waals surface area contributed by atoms with Gasteiger partial charge in [-0.1, -0.05) is 26.8 Å². The van der Waals surface area contributed by atoms with Gasteiger partial charge in [-0.05, 0) is 59.7 Å². The van der Waals surface area contributed by atoms with Crippen LogP contribution >= 0.6 is 0 Å². The van der Waals surface area contributed by atoms with Crippen LogP contribution in [0.4, 0.5) is 0 Å². The van der Waals surface area contributed by atoms with Crippen LogP contribution in [0.5, 0.6) is 0 Å². The predicted octanol–water partition coefficient (Wildman–Crippen LogP) is 5.09. The Balaban J connectivity index is 1.66. The van der Waals surface area contributed by atoms with Crippen LogP contribution in [0.25, 0.3) is 27.6 Å². The van der Waals surface area contributed by atoms with Crippen molar-refractivity contribution in [2.75, 3.05) is 0 Å². The second kappa shape index (κ2) is 4.61. The van der Waals surface area contributed by atoms with Crippen molar-refractivity contribution in [1.82, 2.24) is 19.4 Å². The van der Waals surface area contributed by atoms with Crippen molar-refractivity contribution in [2.24, 2.45) is 0 Å². The maximum atomic E-state index is 4.92. The molecule has 1 fully saturated rings. The van der Waals surface area contributed by atoms with E-state index in [1.807, 2.05) is 6.20 Å². The highest BCUT2D eigenvalue weighted by molar-refractivity contribution is 5.98. The van der Waals surface area contributed by atoms with Gasteiger partial charge in [-0.25, -0.2) is 15.0 Å². The van der Waals surface area contributed by atoms with E-state index in [1.54, 1.807) is 11.1 Å². The van der Waals surface area contributed by atoms with Crippen molar-refractivity contribution in [3.8, 4) is 0 Å². The van der Waals surface area contributed by atoms with Crippen LogP contribution in [0.15, 0.2) is 30.6 Å². The number of hydrogen-bond donors (Lipinski definition) is 0. The molecule has 4 nitrogen and oxygen atoms in total. The Hall–Kier alpha value is -2.49. The molecule has 4 aromatic rings. The van der Waals surface area contributed by atoms with Gasteiger partial charge in [-0.3, -0.25) is 4.40 Å². The summed E-state index contributed by atoms with van der Waals surface area (Å²) in [6.45, 7) is 6.41. The predicted molar refractivity (Wildman–Crippen MR) is 104 cm³/mol. The second-order valence-electron chi connectivity index (χ2n) is 9.05. The third-order valence-electron chi connectivity index (χ3n) is 6.33. The molecule has 0 amide bonds. The van der Waals surface area contributed by atoms with Gasteiger partial charge >= 0.3 is 0 Å². The number of imidazole rings is 1. The third kappa shape index (κ3) is 1.82. The summed E-state index contributed by atoms with van der Waals surface area (Å²) < 4.78 is 2.14. The number of benzene rings is 1. The highest BCUT2D eigenvalue weighted by Crippen LogP contribution is 2.53. The van der Waals surface area contributed by atoms with Crippen LogP contribution in [-0.2, 0) is 5.41 Å². The number of nitrogens with zero attached hydrogens (tertiary/aromatic N) is 4. The van der Waals surface area contributed by atoms with E-state index in [1.165, 1.54) is 30.0 Å². The Morgan fingerprint density at radius 1 is 1.04 bits per heavy atom. The number of rotatable bonds is 0. The van der Waals surface area contributed by atoms with E-state index in [0.717, 1.165) is 34.5 Å². The van der Waals surface area contributed by atoms with E-state index >= 15 is 0 Å². The van der Waals surface area contributed by atoms with E-state index in [2.05, 4.69) is 54.6 Å². The van der Waals surface area contributed by atoms with E-state index in [0.29, 0.717) is 0 Å². The van der Waals surface area contributed by atoms with Gasteiger partial charge in [0.2, 0.25) is 0 Å². The molecule has 6 rings (SSSR count). The minimum atomic E-state index is -0.0773. The number of hydrogen-bond acceptors (Lipinski definition) is 3. The lowest BCUT2D eigenvalue weighted by Gasteiger charge is -2.16. The minimum Gasteiger partial charge on any atom is -0.296 e. The van der Waals surface area contributed by atoms with Crippen molar-refractivity contribution >= 4 is 27.6 Å². The molecule has 4 heteroatoms. The SMILES string of the molecule is CC(C)(C)c1ncc2c(n1)nc1c3cc4c(cc3ccn21)C1CCC4C1. The summed E-state index contributed by atoms with van der Waals surface area (Å²) in [5.41, 5.74) is 5.85. The largest absolute Gasteiger partial charge is 0.296 e. The number of aromatic nitrogens is 4. The van der Waals surface area contributed by atoms with E-state index in [4.69, 9.17) is 9.97 Å². The molecule has 0 spiro atoms. The summed E-state index contributed by atoms with van der Waals surface area (Å²) in [7, 11) is 0. The standard InChI is InChI=1S/C22H22N4/c1-22(2,3)21-23-11-18-19(25-21)24-20-17-10-16-13-5-4-12(8-13)15(16)9-14(17)6-7-26(18)20/h6-7,9-13H,4-5,8H2,1-3H3. The summed E-state index contributed by atoms with van der Waals surface area (Å²) in [4.78, 5) is 14.3. The summed E-state index contributed by atoms with van der Waals surface area (Å²) in [6, 6.07) is 7.04. The zero-order valence-electron chi connectivity index (χ0n) is 15.5. The Morgan fingerprint density at radius 3 is 2.58 bits per heavy atom. The van der Waals surface area contributed by atoms with Crippen molar-refractivity contribution in [3.63, 3.8) is 0 Å². The van der Waals surface area contributed by atoms with Gasteiger partial charge in [0.1, 0.15) is 17.0 Å². The second-order valence-corrected chi connectivity index (χ2v) is 9.05. The molecule has 0 N–H and O–H groups in total. The van der Waals surface area contributed by atoms with Gasteiger partial charge < -0.3 is 0 Å². The zero-order chi connectivity index (χ0) is 17.6. The maximum absolute atomic E-state index is 4.92. The van der Waals surface area contributed by atoms with Gasteiger partial charge in [0, 0.05) is 17.0 Å². The summed E-state index contributed by atoms with van der Waals surface area (Å²) in [5.74, 6) is 2.39. The summed E-state index contributed by atoms with van der Waals surface area (Å²) >= 11 is 0. The van der Waals surface area contributed by atoms with Crippen LogP contribution in [0.2, 0.25) is 0 Å². The molecule has 26 heavy (non-hydrogen) atoms. The molecular formula is C22H22N4. The smallest absolute Gasteiger partial charge is 0.182 e. The lowest BCUT2D eigenvalue weighted by atomic mass is 9.90. The molecule has 1 aromatic carbocycles. The summed E-state index contributed by atoms with van der Waals surface area (Å²) in [6.07, 6.45) is 8.10. The topological polar surface area (TPSA) is 43.1 Å². The van der Waals surface area contributed by atoms with Crippen LogP contribution in [0.3, 0.4) is 0 Å². The van der Waals surface area contributed by atoms with Crippen molar-refractivity contribution in [2.45, 2.75) is 57.3 Å². The van der Waals surface area contributed by atoms with Gasteiger partial charge in [0.25, 0.3) is 0 Å². The van der Waals surface area contributed by atoms with Gasteiger partial charge in [0.05, 0.1) is 6.20 Å². The fourth-order valence-corrected chi connectivity index (χ4v) is 4.98. The van der Waals surface area contributed by atoms with Crippen molar-refractivity contribution < 1.29 is 0 Å². The van der Waals surface area contributed by atoms with E-state index < -0.39 is 0 Å². The van der Waals surface area contributed by atoms with Gasteiger partial charge in [0.15, 0.2) is 5.65 Å². The number of pyridine rings is 1. The molecule has 1 saturated carbocycles. The maximum Gasteiger partial charge on any atom is 0.182 e. The van der Waals surface area contributed by atoms with E-state index in [9.17, 15) is 0 Å². The first-order valence-corrected chi connectivity index (χ1v) is 9.61. The van der Waals surface area contributed by atoms with Crippen molar-refractivity contribution in [3.05, 3.63) is 47.5 Å². The molecule has 2 unspecified atom stereocenters. The fourth-order valence-electron chi connectivity index (χ4n) is 4.98. The molecule has 3 heterocycles. The average Bonchev–Trinajstić information content (AvgIpc) is 3.31. The number of fused-ring (bicyclic) bond motifs is 10. The molecule has 0 aliphatic heterocycles. The van der Waals surface area contributed by atoms with Gasteiger partial charge in [-0.2, -0.15) is 0 Å². The van der Waals surface area contributed by atoms with Crippen LogP contribution < -0.4 is 0 Å². The van der Waals surface area contributed by atoms with Crippen LogP contribution in [-0.4, -0.2) is 19.4 Å². The zero-order valence-corrected chi connectivity index (χ0v) is 15.5. The van der Waals surface area contributed by atoms with E-state index in [-0.39, 0.29) is 5.41 Å². The first-order chi connectivity index (χ1) is 12.5. The monoisotopic (exact) mass is 342 g/mol. The molecule has 0 radical (unpaired) electrons. The lowest BCUT2D eigenvalue weighted by molar-refractivity contribution is 0.548. The molecule has 130 valence electrons. The molecular weight excluding hydrogens is 320 g/mol. The quantitative estimate of drug-likeness (QED) is 0.447. The molecule has 0 saturated heterocycles. The van der Waals surface area contributed by atoms with Crippen molar-refractivity contribution in [1.29, 1.82) is 0 Å². The highest BCUT2D eigenvalue weighted by atomic mass is 15.1. The highest BCUT2D eigenvalue weighted by Gasteiger charge is 2.37. The summed E-state index contributed by atoms with van der Waals surface area (Å²) in [5, 5.41) is 2.54. The molecule has 2 bridgehead atoms. The Morgan fingerprint density at radius 2 is 1.81 bits per heavy atom.